The van der Waals surface area contributed by atoms with Crippen molar-refractivity contribution in [2.24, 2.45) is 0 Å². The van der Waals surface area contributed by atoms with Gasteiger partial charge in [-0.15, -0.1) is 0 Å². The van der Waals surface area contributed by atoms with Crippen LogP contribution in [0, 0.1) is 6.92 Å². The van der Waals surface area contributed by atoms with E-state index in [0.717, 1.165) is 16.9 Å². The number of halogens is 2. The van der Waals surface area contributed by atoms with Crippen molar-refractivity contribution in [2.45, 2.75) is 6.92 Å². The topological polar surface area (TPSA) is 70.7 Å². The van der Waals surface area contributed by atoms with Crippen LogP contribution >= 0.6 is 23.2 Å². The maximum absolute atomic E-state index is 12.1. The number of aromatic nitrogens is 3. The molecule has 0 aliphatic carbocycles. The number of rotatable bonds is 2. The third kappa shape index (κ3) is 2.84. The van der Waals surface area contributed by atoms with Crippen LogP contribution in [0.2, 0.25) is 10.2 Å². The summed E-state index contributed by atoms with van der Waals surface area (Å²) in [7, 11) is 0. The first-order valence-corrected chi connectivity index (χ1v) is 6.87. The molecule has 5 nitrogen and oxygen atoms in total. The average Bonchev–Trinajstić information content (AvgIpc) is 2.81. The molecule has 2 aromatic heterocycles. The Labute approximate surface area is 130 Å². The fourth-order valence-corrected chi connectivity index (χ4v) is 2.23. The molecule has 2 N–H and O–H groups in total. The van der Waals surface area contributed by atoms with Crippen LogP contribution in [0.3, 0.4) is 0 Å². The Balaban J connectivity index is 1.86. The van der Waals surface area contributed by atoms with E-state index in [1.165, 1.54) is 12.3 Å². The average molecular weight is 321 g/mol. The molecule has 3 aromatic rings. The van der Waals surface area contributed by atoms with Gasteiger partial charge in [0, 0.05) is 11.9 Å². The summed E-state index contributed by atoms with van der Waals surface area (Å²) in [6.07, 6.45) is 1.38. The maximum atomic E-state index is 12.1. The number of fused-ring (bicyclic) bond motifs is 1. The summed E-state index contributed by atoms with van der Waals surface area (Å²) in [4.78, 5) is 23.4. The molecule has 0 radical (unpaired) electrons. The molecule has 0 aliphatic rings. The first-order chi connectivity index (χ1) is 10.0. The van der Waals surface area contributed by atoms with Gasteiger partial charge in [0.1, 0.15) is 11.0 Å². The van der Waals surface area contributed by atoms with Gasteiger partial charge in [-0.25, -0.2) is 9.97 Å². The molecule has 1 aromatic carbocycles. The first kappa shape index (κ1) is 13.9. The van der Waals surface area contributed by atoms with Crippen LogP contribution in [-0.2, 0) is 0 Å². The van der Waals surface area contributed by atoms with Crippen LogP contribution in [-0.4, -0.2) is 20.9 Å². The lowest BCUT2D eigenvalue weighted by Crippen LogP contribution is -2.12. The van der Waals surface area contributed by atoms with Crippen molar-refractivity contribution >= 4 is 45.8 Å². The summed E-state index contributed by atoms with van der Waals surface area (Å²) in [5.41, 5.74) is 2.70. The fourth-order valence-electron chi connectivity index (χ4n) is 1.96. The molecule has 0 spiro atoms. The van der Waals surface area contributed by atoms with Crippen LogP contribution in [0.15, 0.2) is 30.5 Å². The van der Waals surface area contributed by atoms with Crippen LogP contribution in [0.5, 0.6) is 0 Å². The van der Waals surface area contributed by atoms with Gasteiger partial charge in [-0.1, -0.05) is 23.2 Å². The summed E-state index contributed by atoms with van der Waals surface area (Å²) < 4.78 is 0. The highest BCUT2D eigenvalue weighted by molar-refractivity contribution is 6.41. The molecular formula is C14H10Cl2N4O. The van der Waals surface area contributed by atoms with Gasteiger partial charge in [0.05, 0.1) is 21.6 Å². The van der Waals surface area contributed by atoms with Crippen molar-refractivity contribution in [1.82, 2.24) is 15.0 Å². The summed E-state index contributed by atoms with van der Waals surface area (Å²) in [5.74, 6) is 0.513. The minimum Gasteiger partial charge on any atom is -0.342 e. The number of nitrogens with zero attached hydrogens (tertiary/aromatic N) is 2. The second-order valence-corrected chi connectivity index (χ2v) is 5.27. The lowest BCUT2D eigenvalue weighted by molar-refractivity contribution is 0.102. The molecule has 2 heterocycles. The Bertz CT molecular complexity index is 844. The van der Waals surface area contributed by atoms with Crippen LogP contribution in [0.25, 0.3) is 11.0 Å². The van der Waals surface area contributed by atoms with Crippen LogP contribution in [0.1, 0.15) is 16.2 Å². The molecule has 7 heteroatoms. The van der Waals surface area contributed by atoms with E-state index < -0.39 is 0 Å². The SMILES string of the molecule is Cc1nc2ccc(NC(=O)c3cnc(Cl)c(Cl)c3)cc2[nH]1. The van der Waals surface area contributed by atoms with E-state index in [9.17, 15) is 4.79 Å². The van der Waals surface area contributed by atoms with Crippen molar-refractivity contribution in [3.05, 3.63) is 52.0 Å². The monoisotopic (exact) mass is 320 g/mol. The van der Waals surface area contributed by atoms with E-state index in [4.69, 9.17) is 23.2 Å². The molecular weight excluding hydrogens is 311 g/mol. The second-order valence-electron chi connectivity index (χ2n) is 4.50. The molecule has 0 aliphatic heterocycles. The van der Waals surface area contributed by atoms with Gasteiger partial charge >= 0.3 is 0 Å². The molecule has 106 valence electrons. The van der Waals surface area contributed by atoms with Crippen molar-refractivity contribution in [1.29, 1.82) is 0 Å². The standard InChI is InChI=1S/C14H10Cl2N4O/c1-7-18-11-3-2-9(5-12(11)19-7)20-14(21)8-4-10(15)13(16)17-6-8/h2-6H,1H3,(H,18,19)(H,20,21). The normalized spacial score (nSPS) is 10.8. The van der Waals surface area contributed by atoms with Crippen molar-refractivity contribution in [2.75, 3.05) is 5.32 Å². The van der Waals surface area contributed by atoms with Gasteiger partial charge in [0.25, 0.3) is 5.91 Å². The van der Waals surface area contributed by atoms with E-state index in [0.29, 0.717) is 11.3 Å². The van der Waals surface area contributed by atoms with Crippen LogP contribution < -0.4 is 5.32 Å². The number of H-pyrrole nitrogens is 1. The zero-order chi connectivity index (χ0) is 15.0. The number of benzene rings is 1. The number of anilines is 1. The highest BCUT2D eigenvalue weighted by Crippen LogP contribution is 2.21. The van der Waals surface area contributed by atoms with E-state index in [1.54, 1.807) is 6.07 Å². The Morgan fingerprint density at radius 2 is 2.10 bits per heavy atom. The van der Waals surface area contributed by atoms with Gasteiger partial charge < -0.3 is 10.3 Å². The number of hydrogen-bond acceptors (Lipinski definition) is 3. The number of aryl methyl sites for hydroxylation is 1. The highest BCUT2D eigenvalue weighted by Gasteiger charge is 2.10. The van der Waals surface area contributed by atoms with Crippen molar-refractivity contribution < 1.29 is 4.79 Å². The number of carbonyl (C=O) groups excluding carboxylic acids is 1. The lowest BCUT2D eigenvalue weighted by atomic mass is 10.2. The Morgan fingerprint density at radius 1 is 1.29 bits per heavy atom. The Kier molecular flexibility index (Phi) is 3.53. The number of hydrogen-bond donors (Lipinski definition) is 2. The lowest BCUT2D eigenvalue weighted by Gasteiger charge is -2.05. The van der Waals surface area contributed by atoms with Crippen molar-refractivity contribution in [3.63, 3.8) is 0 Å². The molecule has 0 bridgehead atoms. The minimum absolute atomic E-state index is 0.169. The third-order valence-corrected chi connectivity index (χ3v) is 3.60. The predicted molar refractivity (Wildman–Crippen MR) is 83.0 cm³/mol. The predicted octanol–water partition coefficient (Wildman–Crippen LogP) is 3.83. The summed E-state index contributed by atoms with van der Waals surface area (Å²) >= 11 is 11.6. The summed E-state index contributed by atoms with van der Waals surface area (Å²) in [6, 6.07) is 6.91. The van der Waals surface area contributed by atoms with E-state index >= 15 is 0 Å². The molecule has 21 heavy (non-hydrogen) atoms. The van der Waals surface area contributed by atoms with E-state index in [2.05, 4.69) is 20.3 Å². The molecule has 1 amide bonds. The summed E-state index contributed by atoms with van der Waals surface area (Å²) in [6.45, 7) is 1.87. The molecule has 0 fully saturated rings. The third-order valence-electron chi connectivity index (χ3n) is 2.92. The molecule has 0 atom stereocenters. The Hall–Kier alpha value is -2.11. The largest absolute Gasteiger partial charge is 0.342 e. The molecule has 0 saturated heterocycles. The van der Waals surface area contributed by atoms with Gasteiger partial charge in [-0.05, 0) is 31.2 Å². The number of aromatic amines is 1. The molecule has 0 saturated carbocycles. The van der Waals surface area contributed by atoms with Crippen molar-refractivity contribution in [3.8, 4) is 0 Å². The molecule has 0 unspecified atom stereocenters. The molecule has 3 rings (SSSR count). The van der Waals surface area contributed by atoms with Gasteiger partial charge in [-0.2, -0.15) is 0 Å². The van der Waals surface area contributed by atoms with Gasteiger partial charge in [0.15, 0.2) is 0 Å². The number of amides is 1. The Morgan fingerprint density at radius 3 is 2.86 bits per heavy atom. The van der Waals surface area contributed by atoms with Gasteiger partial charge in [-0.3, -0.25) is 4.79 Å². The van der Waals surface area contributed by atoms with E-state index in [1.807, 2.05) is 19.1 Å². The first-order valence-electron chi connectivity index (χ1n) is 6.12. The number of imidazole rings is 1. The minimum atomic E-state index is -0.309. The highest BCUT2D eigenvalue weighted by atomic mass is 35.5. The number of nitrogens with one attached hydrogen (secondary N) is 2. The van der Waals surface area contributed by atoms with Gasteiger partial charge in [0.2, 0.25) is 0 Å². The van der Waals surface area contributed by atoms with Crippen LogP contribution in [0.4, 0.5) is 5.69 Å². The van der Waals surface area contributed by atoms with E-state index in [-0.39, 0.29) is 16.1 Å². The zero-order valence-corrected chi connectivity index (χ0v) is 12.5. The zero-order valence-electron chi connectivity index (χ0n) is 10.9. The number of pyridine rings is 1. The second kappa shape index (κ2) is 5.35. The number of carbonyl (C=O) groups is 1. The summed E-state index contributed by atoms with van der Waals surface area (Å²) in [5, 5.41) is 3.19. The smallest absolute Gasteiger partial charge is 0.257 e. The maximum Gasteiger partial charge on any atom is 0.257 e. The quantitative estimate of drug-likeness (QED) is 0.705. The fraction of sp³-hybridized carbons (Fsp3) is 0.0714.